The maximum absolute atomic E-state index is 12.2. The molecule has 122 valence electrons. The van der Waals surface area contributed by atoms with Crippen LogP contribution in [0.5, 0.6) is 0 Å². The minimum absolute atomic E-state index is 0.0493. The lowest BCUT2D eigenvalue weighted by Gasteiger charge is -2.22. The van der Waals surface area contributed by atoms with Gasteiger partial charge in [-0.15, -0.1) is 10.2 Å². The molecule has 1 atom stereocenters. The van der Waals surface area contributed by atoms with Gasteiger partial charge in [-0.3, -0.25) is 19.6 Å². The molecular formula is C16H21N5OS. The van der Waals surface area contributed by atoms with Crippen LogP contribution in [0.3, 0.4) is 0 Å². The molecule has 3 rings (SSSR count). The molecule has 7 heteroatoms. The van der Waals surface area contributed by atoms with Gasteiger partial charge in [0.2, 0.25) is 11.9 Å². The van der Waals surface area contributed by atoms with Crippen molar-refractivity contribution < 1.29 is 4.79 Å². The third kappa shape index (κ3) is 4.33. The molecule has 1 saturated heterocycles. The molecule has 2 heterocycles. The van der Waals surface area contributed by atoms with Gasteiger partial charge >= 0.3 is 0 Å². The van der Waals surface area contributed by atoms with Crippen molar-refractivity contribution in [3.63, 3.8) is 0 Å². The molecule has 0 aliphatic carbocycles. The van der Waals surface area contributed by atoms with Crippen molar-refractivity contribution >= 4 is 23.6 Å². The van der Waals surface area contributed by atoms with Gasteiger partial charge in [0.15, 0.2) is 0 Å². The summed E-state index contributed by atoms with van der Waals surface area (Å²) >= 11 is 1.95. The lowest BCUT2D eigenvalue weighted by molar-refractivity contribution is -0.117. The lowest BCUT2D eigenvalue weighted by Crippen LogP contribution is -2.38. The van der Waals surface area contributed by atoms with Crippen LogP contribution < -0.4 is 5.32 Å². The van der Waals surface area contributed by atoms with E-state index in [1.165, 1.54) is 5.75 Å². The monoisotopic (exact) mass is 331 g/mol. The van der Waals surface area contributed by atoms with Crippen molar-refractivity contribution in [2.75, 3.05) is 30.4 Å². The highest BCUT2D eigenvalue weighted by Gasteiger charge is 2.22. The van der Waals surface area contributed by atoms with Crippen molar-refractivity contribution in [2.45, 2.75) is 19.0 Å². The minimum Gasteiger partial charge on any atom is -0.295 e. The first-order chi connectivity index (χ1) is 11.2. The largest absolute Gasteiger partial charge is 0.295 e. The molecule has 1 N–H and O–H groups in total. The van der Waals surface area contributed by atoms with Gasteiger partial charge in [0.25, 0.3) is 0 Å². The highest BCUT2D eigenvalue weighted by molar-refractivity contribution is 7.99. The number of likely N-dealkylation sites (N-methyl/N-ethyl adjacent to an activating group) is 1. The second kappa shape index (κ2) is 7.61. The summed E-state index contributed by atoms with van der Waals surface area (Å²) in [5.74, 6) is 2.73. The first kappa shape index (κ1) is 16.0. The highest BCUT2D eigenvalue weighted by Crippen LogP contribution is 2.21. The number of nitrogens with zero attached hydrogens (tertiary/aromatic N) is 4. The van der Waals surface area contributed by atoms with E-state index in [4.69, 9.17) is 0 Å². The molecule has 0 unspecified atom stereocenters. The van der Waals surface area contributed by atoms with Gasteiger partial charge in [0.1, 0.15) is 6.33 Å². The zero-order valence-electron chi connectivity index (χ0n) is 13.2. The third-order valence-electron chi connectivity index (χ3n) is 3.98. The molecule has 1 aliphatic heterocycles. The van der Waals surface area contributed by atoms with Crippen LogP contribution in [-0.4, -0.2) is 56.7 Å². The second-order valence-electron chi connectivity index (χ2n) is 5.75. The molecule has 2 aromatic rings. The van der Waals surface area contributed by atoms with E-state index in [9.17, 15) is 4.79 Å². The summed E-state index contributed by atoms with van der Waals surface area (Å²) in [6, 6.07) is 10.5. The van der Waals surface area contributed by atoms with Crippen LogP contribution >= 0.6 is 11.8 Å². The molecular weight excluding hydrogens is 310 g/mol. The van der Waals surface area contributed by atoms with E-state index in [2.05, 4.69) is 20.4 Å². The lowest BCUT2D eigenvalue weighted by atomic mass is 10.2. The number of carbonyl (C=O) groups is 1. The Bertz CT molecular complexity index is 639. The van der Waals surface area contributed by atoms with E-state index in [0.29, 0.717) is 25.1 Å². The molecule has 1 fully saturated rings. The standard InChI is InChI=1S/C16H21N5OS/c1-20(14-7-8-23-11-14)10-15(22)18-16-19-17-12-21(16)9-13-5-3-2-4-6-13/h2-6,12,14H,7-11H2,1H3,(H,18,19,22)/t14-/m0/s1. The predicted octanol–water partition coefficient (Wildman–Crippen LogP) is 1.70. The Labute approximate surface area is 140 Å². The van der Waals surface area contributed by atoms with E-state index in [0.717, 1.165) is 17.7 Å². The smallest absolute Gasteiger partial charge is 0.240 e. The molecule has 1 amide bonds. The van der Waals surface area contributed by atoms with E-state index < -0.39 is 0 Å². The number of hydrogen-bond acceptors (Lipinski definition) is 5. The van der Waals surface area contributed by atoms with Crippen molar-refractivity contribution in [3.8, 4) is 0 Å². The van der Waals surface area contributed by atoms with Crippen molar-refractivity contribution in [2.24, 2.45) is 0 Å². The number of rotatable bonds is 6. The number of nitrogens with one attached hydrogen (secondary N) is 1. The molecule has 6 nitrogen and oxygen atoms in total. The van der Waals surface area contributed by atoms with E-state index in [1.807, 2.05) is 53.7 Å². The van der Waals surface area contributed by atoms with E-state index in [-0.39, 0.29) is 5.91 Å². The van der Waals surface area contributed by atoms with Gasteiger partial charge < -0.3 is 0 Å². The molecule has 1 aromatic heterocycles. The number of hydrogen-bond donors (Lipinski definition) is 1. The van der Waals surface area contributed by atoms with Gasteiger partial charge in [-0.2, -0.15) is 11.8 Å². The molecule has 23 heavy (non-hydrogen) atoms. The average Bonchev–Trinajstić information content (AvgIpc) is 3.21. The van der Waals surface area contributed by atoms with Crippen molar-refractivity contribution in [1.82, 2.24) is 19.7 Å². The first-order valence-electron chi connectivity index (χ1n) is 7.72. The Kier molecular flexibility index (Phi) is 5.30. The van der Waals surface area contributed by atoms with Gasteiger partial charge in [0.05, 0.1) is 13.1 Å². The number of benzene rings is 1. The van der Waals surface area contributed by atoms with Crippen LogP contribution in [0, 0.1) is 0 Å². The zero-order chi connectivity index (χ0) is 16.1. The maximum atomic E-state index is 12.2. The van der Waals surface area contributed by atoms with Crippen LogP contribution in [0.25, 0.3) is 0 Å². The van der Waals surface area contributed by atoms with Gasteiger partial charge in [0, 0.05) is 11.8 Å². The highest BCUT2D eigenvalue weighted by atomic mass is 32.2. The summed E-state index contributed by atoms with van der Waals surface area (Å²) < 4.78 is 1.85. The SMILES string of the molecule is CN(CC(=O)Nc1nncn1Cc1ccccc1)[C@H]1CCSC1. The molecule has 0 bridgehead atoms. The summed E-state index contributed by atoms with van der Waals surface area (Å²) in [6.07, 6.45) is 2.79. The average molecular weight is 331 g/mol. The van der Waals surface area contributed by atoms with Gasteiger partial charge in [-0.25, -0.2) is 0 Å². The predicted molar refractivity (Wildman–Crippen MR) is 92.6 cm³/mol. The third-order valence-corrected chi connectivity index (χ3v) is 5.13. The van der Waals surface area contributed by atoms with Crippen LogP contribution in [0.4, 0.5) is 5.95 Å². The van der Waals surface area contributed by atoms with E-state index >= 15 is 0 Å². The molecule has 1 aliphatic rings. The Balaban J connectivity index is 1.57. The molecule has 1 aromatic carbocycles. The Morgan fingerprint density at radius 3 is 3.00 bits per heavy atom. The fraction of sp³-hybridized carbons (Fsp3) is 0.438. The van der Waals surface area contributed by atoms with Crippen LogP contribution in [-0.2, 0) is 11.3 Å². The summed E-state index contributed by atoms with van der Waals surface area (Å²) in [7, 11) is 2.00. The Morgan fingerprint density at radius 1 is 1.43 bits per heavy atom. The van der Waals surface area contributed by atoms with Crippen molar-refractivity contribution in [1.29, 1.82) is 0 Å². The Morgan fingerprint density at radius 2 is 2.26 bits per heavy atom. The van der Waals surface area contributed by atoms with Gasteiger partial charge in [-0.1, -0.05) is 30.3 Å². The summed E-state index contributed by atoms with van der Waals surface area (Å²) in [5, 5.41) is 10.8. The summed E-state index contributed by atoms with van der Waals surface area (Å²) in [6.45, 7) is 1.02. The van der Waals surface area contributed by atoms with Crippen LogP contribution in [0.2, 0.25) is 0 Å². The van der Waals surface area contributed by atoms with Crippen LogP contribution in [0.1, 0.15) is 12.0 Å². The molecule has 0 radical (unpaired) electrons. The molecule has 0 saturated carbocycles. The maximum Gasteiger partial charge on any atom is 0.240 e. The fourth-order valence-electron chi connectivity index (χ4n) is 2.64. The first-order valence-corrected chi connectivity index (χ1v) is 8.87. The number of anilines is 1. The number of thioether (sulfide) groups is 1. The number of aromatic nitrogens is 3. The topological polar surface area (TPSA) is 63.1 Å². The zero-order valence-corrected chi connectivity index (χ0v) is 14.0. The van der Waals surface area contributed by atoms with Crippen LogP contribution in [0.15, 0.2) is 36.7 Å². The molecule has 0 spiro atoms. The normalized spacial score (nSPS) is 17.6. The van der Waals surface area contributed by atoms with Crippen molar-refractivity contribution in [3.05, 3.63) is 42.2 Å². The number of amides is 1. The Hall–Kier alpha value is -1.86. The summed E-state index contributed by atoms with van der Waals surface area (Å²) in [4.78, 5) is 14.4. The quantitative estimate of drug-likeness (QED) is 0.873. The number of carbonyl (C=O) groups excluding carboxylic acids is 1. The fourth-order valence-corrected chi connectivity index (χ4v) is 3.94. The van der Waals surface area contributed by atoms with E-state index in [1.54, 1.807) is 6.33 Å². The van der Waals surface area contributed by atoms with Gasteiger partial charge in [-0.05, 0) is 24.8 Å². The summed E-state index contributed by atoms with van der Waals surface area (Å²) in [5.41, 5.74) is 1.14. The minimum atomic E-state index is -0.0493. The second-order valence-corrected chi connectivity index (χ2v) is 6.90.